The molecule has 0 saturated carbocycles. The predicted octanol–water partition coefficient (Wildman–Crippen LogP) is 2.74. The normalized spacial score (nSPS) is 10.5. The first kappa shape index (κ1) is 16.0. The van der Waals surface area contributed by atoms with Gasteiger partial charge in [0.1, 0.15) is 0 Å². The zero-order chi connectivity index (χ0) is 14.8. The molecule has 2 amide bonds. The van der Waals surface area contributed by atoms with Crippen LogP contribution in [-0.4, -0.2) is 11.8 Å². The van der Waals surface area contributed by atoms with Crippen LogP contribution in [0.15, 0.2) is 30.3 Å². The summed E-state index contributed by atoms with van der Waals surface area (Å²) in [4.78, 5) is 22.9. The van der Waals surface area contributed by atoms with E-state index < -0.39 is 0 Å². The standard InChI is InChI=1S/C16H22N2O2/c1-3-4-5-6-15(19)17-18-16(20)12-11-14-9-7-13(2)8-10-14/h7-12H,3-6H2,1-2H3,(H,17,19)(H,18,20). The minimum absolute atomic E-state index is 0.157. The number of hydrogen-bond acceptors (Lipinski definition) is 2. The molecule has 0 atom stereocenters. The maximum absolute atomic E-state index is 11.5. The van der Waals surface area contributed by atoms with Crippen molar-refractivity contribution in [2.24, 2.45) is 0 Å². The van der Waals surface area contributed by atoms with E-state index in [1.54, 1.807) is 6.08 Å². The number of unbranched alkanes of at least 4 members (excludes halogenated alkanes) is 2. The van der Waals surface area contributed by atoms with E-state index in [1.807, 2.05) is 31.2 Å². The minimum atomic E-state index is -0.339. The van der Waals surface area contributed by atoms with Crippen molar-refractivity contribution in [1.82, 2.24) is 10.9 Å². The fourth-order valence-electron chi connectivity index (χ4n) is 1.62. The van der Waals surface area contributed by atoms with E-state index >= 15 is 0 Å². The van der Waals surface area contributed by atoms with Crippen molar-refractivity contribution in [3.05, 3.63) is 41.5 Å². The van der Waals surface area contributed by atoms with Gasteiger partial charge in [-0.05, 0) is 25.0 Å². The minimum Gasteiger partial charge on any atom is -0.273 e. The Morgan fingerprint density at radius 1 is 1.10 bits per heavy atom. The number of carbonyl (C=O) groups is 2. The van der Waals surface area contributed by atoms with E-state index in [2.05, 4.69) is 17.8 Å². The second-order valence-corrected chi connectivity index (χ2v) is 4.74. The zero-order valence-corrected chi connectivity index (χ0v) is 12.1. The van der Waals surface area contributed by atoms with Crippen molar-refractivity contribution in [2.75, 3.05) is 0 Å². The van der Waals surface area contributed by atoms with Crippen LogP contribution in [0.25, 0.3) is 6.08 Å². The van der Waals surface area contributed by atoms with Gasteiger partial charge in [0.25, 0.3) is 5.91 Å². The van der Waals surface area contributed by atoms with Crippen LogP contribution in [-0.2, 0) is 9.59 Å². The summed E-state index contributed by atoms with van der Waals surface area (Å²) in [7, 11) is 0. The molecule has 0 spiro atoms. The van der Waals surface area contributed by atoms with E-state index in [0.717, 1.165) is 24.8 Å². The third-order valence-electron chi connectivity index (χ3n) is 2.84. The maximum atomic E-state index is 11.5. The molecule has 0 saturated heterocycles. The maximum Gasteiger partial charge on any atom is 0.262 e. The van der Waals surface area contributed by atoms with Crippen LogP contribution < -0.4 is 10.9 Å². The number of hydrazine groups is 1. The van der Waals surface area contributed by atoms with Gasteiger partial charge in [-0.25, -0.2) is 0 Å². The van der Waals surface area contributed by atoms with Crippen LogP contribution in [0, 0.1) is 6.92 Å². The van der Waals surface area contributed by atoms with Gasteiger partial charge in [0.15, 0.2) is 0 Å². The number of carbonyl (C=O) groups excluding carboxylic acids is 2. The van der Waals surface area contributed by atoms with Crippen molar-refractivity contribution in [3.8, 4) is 0 Å². The van der Waals surface area contributed by atoms with E-state index in [9.17, 15) is 9.59 Å². The Hall–Kier alpha value is -2.10. The molecule has 20 heavy (non-hydrogen) atoms. The molecule has 4 heteroatoms. The van der Waals surface area contributed by atoms with Crippen LogP contribution in [0.5, 0.6) is 0 Å². The number of aryl methyl sites for hydroxylation is 1. The summed E-state index contributed by atoms with van der Waals surface area (Å²) in [5, 5.41) is 0. The largest absolute Gasteiger partial charge is 0.273 e. The van der Waals surface area contributed by atoms with Gasteiger partial charge in [-0.3, -0.25) is 20.4 Å². The summed E-state index contributed by atoms with van der Waals surface area (Å²) in [5.41, 5.74) is 6.88. The monoisotopic (exact) mass is 274 g/mol. The molecular weight excluding hydrogens is 252 g/mol. The lowest BCUT2D eigenvalue weighted by Crippen LogP contribution is -2.40. The van der Waals surface area contributed by atoms with E-state index in [-0.39, 0.29) is 11.8 Å². The average molecular weight is 274 g/mol. The van der Waals surface area contributed by atoms with Gasteiger partial charge in [-0.2, -0.15) is 0 Å². The fraction of sp³-hybridized carbons (Fsp3) is 0.375. The molecule has 0 fully saturated rings. The summed E-state index contributed by atoms with van der Waals surface area (Å²) in [6, 6.07) is 7.82. The number of hydrogen-bond donors (Lipinski definition) is 2. The number of amides is 2. The molecule has 0 bridgehead atoms. The molecule has 2 N–H and O–H groups in total. The molecule has 1 rings (SSSR count). The highest BCUT2D eigenvalue weighted by Gasteiger charge is 2.01. The van der Waals surface area contributed by atoms with E-state index in [1.165, 1.54) is 11.6 Å². The van der Waals surface area contributed by atoms with Crippen LogP contribution in [0.3, 0.4) is 0 Å². The SMILES string of the molecule is CCCCCC(=O)NNC(=O)C=Cc1ccc(C)cc1. The average Bonchev–Trinajstić information content (AvgIpc) is 2.45. The summed E-state index contributed by atoms with van der Waals surface area (Å²) in [6.45, 7) is 4.09. The fourth-order valence-corrected chi connectivity index (χ4v) is 1.62. The van der Waals surface area contributed by atoms with Crippen molar-refractivity contribution in [1.29, 1.82) is 0 Å². The van der Waals surface area contributed by atoms with E-state index in [4.69, 9.17) is 0 Å². The van der Waals surface area contributed by atoms with Crippen LogP contribution in [0.1, 0.15) is 43.7 Å². The second kappa shape index (κ2) is 8.91. The quantitative estimate of drug-likeness (QED) is 0.476. The Kier molecular flexibility index (Phi) is 7.11. The molecule has 0 heterocycles. The summed E-state index contributed by atoms with van der Waals surface area (Å²) >= 11 is 0. The van der Waals surface area contributed by atoms with Crippen LogP contribution >= 0.6 is 0 Å². The molecule has 0 unspecified atom stereocenters. The number of rotatable bonds is 6. The van der Waals surface area contributed by atoms with Crippen molar-refractivity contribution in [3.63, 3.8) is 0 Å². The van der Waals surface area contributed by atoms with Gasteiger partial charge in [-0.15, -0.1) is 0 Å². The molecule has 0 aliphatic carbocycles. The third-order valence-corrected chi connectivity index (χ3v) is 2.84. The zero-order valence-electron chi connectivity index (χ0n) is 12.1. The molecular formula is C16H22N2O2. The second-order valence-electron chi connectivity index (χ2n) is 4.74. The highest BCUT2D eigenvalue weighted by molar-refractivity contribution is 5.93. The molecule has 1 aromatic carbocycles. The van der Waals surface area contributed by atoms with Crippen molar-refractivity contribution < 1.29 is 9.59 Å². The highest BCUT2D eigenvalue weighted by Crippen LogP contribution is 2.04. The van der Waals surface area contributed by atoms with Gasteiger partial charge in [0.05, 0.1) is 0 Å². The summed E-state index contributed by atoms with van der Waals surface area (Å²) in [5.74, 6) is -0.495. The molecule has 4 nitrogen and oxygen atoms in total. The topological polar surface area (TPSA) is 58.2 Å². The molecule has 0 aliphatic heterocycles. The first-order valence-corrected chi connectivity index (χ1v) is 6.95. The van der Waals surface area contributed by atoms with Gasteiger partial charge >= 0.3 is 0 Å². The van der Waals surface area contributed by atoms with Gasteiger partial charge in [0, 0.05) is 12.5 Å². The molecule has 0 radical (unpaired) electrons. The molecule has 1 aromatic rings. The van der Waals surface area contributed by atoms with Crippen molar-refractivity contribution in [2.45, 2.75) is 39.5 Å². The lowest BCUT2D eigenvalue weighted by atomic mass is 10.1. The first-order chi connectivity index (χ1) is 9.61. The Morgan fingerprint density at radius 3 is 2.45 bits per heavy atom. The Bertz CT molecular complexity index is 464. The first-order valence-electron chi connectivity index (χ1n) is 6.95. The van der Waals surface area contributed by atoms with Crippen molar-refractivity contribution >= 4 is 17.9 Å². The Balaban J connectivity index is 2.29. The smallest absolute Gasteiger partial charge is 0.262 e. The van der Waals surface area contributed by atoms with Gasteiger partial charge < -0.3 is 0 Å². The Labute approximate surface area is 120 Å². The number of benzene rings is 1. The third kappa shape index (κ3) is 6.73. The lowest BCUT2D eigenvalue weighted by molar-refractivity contribution is -0.126. The highest BCUT2D eigenvalue weighted by atomic mass is 16.2. The molecule has 0 aliphatic rings. The predicted molar refractivity (Wildman–Crippen MR) is 80.6 cm³/mol. The Morgan fingerprint density at radius 2 is 1.80 bits per heavy atom. The summed E-state index contributed by atoms with van der Waals surface area (Å²) < 4.78 is 0. The molecule has 108 valence electrons. The lowest BCUT2D eigenvalue weighted by Gasteiger charge is -2.04. The van der Waals surface area contributed by atoms with Crippen LogP contribution in [0.4, 0.5) is 0 Å². The van der Waals surface area contributed by atoms with Gasteiger partial charge in [0.2, 0.25) is 5.91 Å². The number of nitrogens with one attached hydrogen (secondary N) is 2. The van der Waals surface area contributed by atoms with E-state index in [0.29, 0.717) is 6.42 Å². The van der Waals surface area contributed by atoms with Crippen LogP contribution in [0.2, 0.25) is 0 Å². The molecule has 0 aromatic heterocycles. The summed E-state index contributed by atoms with van der Waals surface area (Å²) in [6.07, 6.45) is 6.48. The van der Waals surface area contributed by atoms with Gasteiger partial charge in [-0.1, -0.05) is 49.6 Å².